The summed E-state index contributed by atoms with van der Waals surface area (Å²) >= 11 is 0. The highest BCUT2D eigenvalue weighted by Gasteiger charge is 2.15. The van der Waals surface area contributed by atoms with Crippen LogP contribution in [0.2, 0.25) is 0 Å². The van der Waals surface area contributed by atoms with Crippen LogP contribution in [0.5, 0.6) is 5.75 Å². The molecule has 0 radical (unpaired) electrons. The second kappa shape index (κ2) is 4.59. The molecule has 3 N–H and O–H groups in total. The van der Waals surface area contributed by atoms with Gasteiger partial charge in [0.25, 0.3) is 0 Å². The van der Waals surface area contributed by atoms with Gasteiger partial charge in [-0.3, -0.25) is 0 Å². The van der Waals surface area contributed by atoms with Gasteiger partial charge in [0.05, 0.1) is 0 Å². The molecule has 0 saturated carbocycles. The first-order valence-electron chi connectivity index (χ1n) is 3.93. The Hall–Kier alpha value is -1.59. The summed E-state index contributed by atoms with van der Waals surface area (Å²) in [5, 5.41) is 26.4. The van der Waals surface area contributed by atoms with Crippen LogP contribution in [0.4, 0.5) is 0 Å². The zero-order valence-corrected chi connectivity index (χ0v) is 7.25. The Kier molecular flexibility index (Phi) is 3.44. The lowest BCUT2D eigenvalue weighted by atomic mass is 10.2. The molecule has 1 rings (SSSR count). The van der Waals surface area contributed by atoms with Gasteiger partial charge in [-0.05, 0) is 12.1 Å². The van der Waals surface area contributed by atoms with Crippen molar-refractivity contribution in [1.29, 1.82) is 0 Å². The number of carbonyl (C=O) groups excluding carboxylic acids is 1. The third-order valence-electron chi connectivity index (χ3n) is 1.52. The number of carbonyl (C=O) groups is 1. The second-order valence-corrected chi connectivity index (χ2v) is 2.56. The Morgan fingerprint density at radius 3 is 2.64 bits per heavy atom. The highest BCUT2D eigenvalue weighted by atomic mass is 16.6. The van der Waals surface area contributed by atoms with Gasteiger partial charge >= 0.3 is 5.97 Å². The predicted molar refractivity (Wildman–Crippen MR) is 46.6 cm³/mol. The normalized spacial score (nSPS) is 12.1. The van der Waals surface area contributed by atoms with E-state index in [0.717, 1.165) is 0 Å². The van der Waals surface area contributed by atoms with Crippen molar-refractivity contribution in [2.45, 2.75) is 6.29 Å². The van der Waals surface area contributed by atoms with Gasteiger partial charge in [0.2, 0.25) is 6.29 Å². The summed E-state index contributed by atoms with van der Waals surface area (Å²) in [7, 11) is 0. The summed E-state index contributed by atoms with van der Waals surface area (Å²) in [6.07, 6.45) is -1.57. The van der Waals surface area contributed by atoms with Crippen LogP contribution in [0, 0.1) is 0 Å². The van der Waals surface area contributed by atoms with Gasteiger partial charge in [0.1, 0.15) is 17.9 Å². The van der Waals surface area contributed by atoms with E-state index < -0.39 is 18.9 Å². The van der Waals surface area contributed by atoms with E-state index in [-0.39, 0.29) is 11.3 Å². The van der Waals surface area contributed by atoms with E-state index >= 15 is 0 Å². The van der Waals surface area contributed by atoms with Crippen molar-refractivity contribution in [1.82, 2.24) is 0 Å². The number of phenols is 1. The molecule has 1 atom stereocenters. The van der Waals surface area contributed by atoms with Crippen LogP contribution in [0.25, 0.3) is 0 Å². The van der Waals surface area contributed by atoms with E-state index in [0.29, 0.717) is 0 Å². The van der Waals surface area contributed by atoms with E-state index in [1.54, 1.807) is 12.1 Å². The fourth-order valence-corrected chi connectivity index (χ4v) is 0.871. The first kappa shape index (κ1) is 10.5. The van der Waals surface area contributed by atoms with Gasteiger partial charge in [-0.25, -0.2) is 4.79 Å². The number of rotatable bonds is 3. The van der Waals surface area contributed by atoms with Gasteiger partial charge in [0.15, 0.2) is 0 Å². The number of hydrogen-bond donors (Lipinski definition) is 3. The number of phenolic OH excluding ortho intramolecular Hbond substituents is 1. The molecule has 1 aromatic rings. The molecule has 0 amide bonds. The van der Waals surface area contributed by atoms with Crippen LogP contribution in [-0.4, -0.2) is 34.2 Å². The lowest BCUT2D eigenvalue weighted by Crippen LogP contribution is -2.21. The lowest BCUT2D eigenvalue weighted by molar-refractivity contribution is -0.0904. The fourth-order valence-electron chi connectivity index (χ4n) is 0.871. The topological polar surface area (TPSA) is 87.0 Å². The second-order valence-electron chi connectivity index (χ2n) is 2.56. The zero-order chi connectivity index (χ0) is 10.6. The van der Waals surface area contributed by atoms with Crippen molar-refractivity contribution in [3.63, 3.8) is 0 Å². The number of para-hydroxylation sites is 1. The summed E-state index contributed by atoms with van der Waals surface area (Å²) in [6, 6.07) is 5.76. The molecule has 0 aliphatic heterocycles. The maximum absolute atomic E-state index is 11.2. The number of esters is 1. The maximum atomic E-state index is 11.2. The fraction of sp³-hybridized carbons (Fsp3) is 0.222. The molecule has 5 nitrogen and oxygen atoms in total. The number of aliphatic hydroxyl groups is 2. The number of ether oxygens (including phenoxy) is 1. The highest BCUT2D eigenvalue weighted by Crippen LogP contribution is 2.16. The van der Waals surface area contributed by atoms with Gasteiger partial charge in [0, 0.05) is 0 Å². The number of hydrogen-bond acceptors (Lipinski definition) is 5. The molecule has 1 aromatic carbocycles. The van der Waals surface area contributed by atoms with E-state index in [1.807, 2.05) is 0 Å². The lowest BCUT2D eigenvalue weighted by Gasteiger charge is -2.09. The summed E-state index contributed by atoms with van der Waals surface area (Å²) in [5.41, 5.74) is -0.0556. The number of benzene rings is 1. The molecule has 5 heteroatoms. The molecular weight excluding hydrogens is 188 g/mol. The minimum Gasteiger partial charge on any atom is -0.507 e. The minimum atomic E-state index is -1.57. The predicted octanol–water partition coefficient (Wildman–Crippen LogP) is -0.140. The average Bonchev–Trinajstić information content (AvgIpc) is 2.18. The highest BCUT2D eigenvalue weighted by molar-refractivity contribution is 5.92. The summed E-state index contributed by atoms with van der Waals surface area (Å²) in [6.45, 7) is -0.681. The van der Waals surface area contributed by atoms with Gasteiger partial charge in [-0.15, -0.1) is 0 Å². The molecule has 0 fully saturated rings. The van der Waals surface area contributed by atoms with Crippen LogP contribution in [0.3, 0.4) is 0 Å². The van der Waals surface area contributed by atoms with Crippen molar-refractivity contribution < 1.29 is 24.9 Å². The Morgan fingerprint density at radius 2 is 2.07 bits per heavy atom. The van der Waals surface area contributed by atoms with E-state index in [2.05, 4.69) is 4.74 Å². The molecule has 1 unspecified atom stereocenters. The third kappa shape index (κ3) is 2.45. The SMILES string of the molecule is O=C(OC(O)CO)c1ccccc1O. The van der Waals surface area contributed by atoms with Gasteiger partial charge in [-0.2, -0.15) is 0 Å². The standard InChI is InChI=1S/C9H10O5/c10-5-8(12)14-9(13)6-3-1-2-4-7(6)11/h1-4,8,10-12H,5H2. The maximum Gasteiger partial charge on any atom is 0.344 e. The van der Waals surface area contributed by atoms with Crippen molar-refractivity contribution in [3.05, 3.63) is 29.8 Å². The summed E-state index contributed by atoms with van der Waals surface area (Å²) in [5.74, 6) is -1.12. The van der Waals surface area contributed by atoms with Crippen LogP contribution >= 0.6 is 0 Å². The van der Waals surface area contributed by atoms with E-state index in [9.17, 15) is 9.90 Å². The van der Waals surface area contributed by atoms with Crippen LogP contribution in [0.15, 0.2) is 24.3 Å². The quantitative estimate of drug-likeness (QED) is 0.464. The summed E-state index contributed by atoms with van der Waals surface area (Å²) in [4.78, 5) is 11.2. The molecular formula is C9H10O5. The number of aliphatic hydroxyl groups excluding tert-OH is 2. The monoisotopic (exact) mass is 198 g/mol. The molecule has 0 heterocycles. The Morgan fingerprint density at radius 1 is 1.43 bits per heavy atom. The molecule has 76 valence electrons. The van der Waals surface area contributed by atoms with Crippen molar-refractivity contribution in [2.75, 3.05) is 6.61 Å². The largest absolute Gasteiger partial charge is 0.507 e. The molecule has 0 aliphatic carbocycles. The Labute approximate surface area is 80.2 Å². The molecule has 0 aromatic heterocycles. The third-order valence-corrected chi connectivity index (χ3v) is 1.52. The smallest absolute Gasteiger partial charge is 0.344 e. The van der Waals surface area contributed by atoms with Crippen LogP contribution in [0.1, 0.15) is 10.4 Å². The molecule has 0 aliphatic rings. The molecule has 14 heavy (non-hydrogen) atoms. The van der Waals surface area contributed by atoms with Crippen LogP contribution < -0.4 is 0 Å². The van der Waals surface area contributed by atoms with Crippen LogP contribution in [-0.2, 0) is 4.74 Å². The average molecular weight is 198 g/mol. The number of aromatic hydroxyl groups is 1. The first-order chi connectivity index (χ1) is 6.65. The minimum absolute atomic E-state index is 0.0556. The first-order valence-corrected chi connectivity index (χ1v) is 3.93. The van der Waals surface area contributed by atoms with E-state index in [4.69, 9.17) is 10.2 Å². The van der Waals surface area contributed by atoms with E-state index in [1.165, 1.54) is 12.1 Å². The molecule has 0 bridgehead atoms. The van der Waals surface area contributed by atoms with Gasteiger partial charge in [-0.1, -0.05) is 12.1 Å². The Bertz CT molecular complexity index is 323. The van der Waals surface area contributed by atoms with Crippen molar-refractivity contribution in [3.8, 4) is 5.75 Å². The van der Waals surface area contributed by atoms with Gasteiger partial charge < -0.3 is 20.1 Å². The van der Waals surface area contributed by atoms with Crippen molar-refractivity contribution in [2.24, 2.45) is 0 Å². The van der Waals surface area contributed by atoms with Crippen molar-refractivity contribution >= 4 is 5.97 Å². The Balaban J connectivity index is 2.75. The molecule has 0 spiro atoms. The zero-order valence-electron chi connectivity index (χ0n) is 7.25. The summed E-state index contributed by atoms with van der Waals surface area (Å²) < 4.78 is 4.37. The molecule has 0 saturated heterocycles.